The molecule has 1 N–H and O–H groups in total. The van der Waals surface area contributed by atoms with Gasteiger partial charge < -0.3 is 10.1 Å². The van der Waals surface area contributed by atoms with Crippen LogP contribution in [-0.4, -0.2) is 23.0 Å². The van der Waals surface area contributed by atoms with Gasteiger partial charge in [-0.3, -0.25) is 9.78 Å². The Bertz CT molecular complexity index is 1140. The molecule has 8 heteroatoms. The lowest BCUT2D eigenvalue weighted by Crippen LogP contribution is -2.42. The lowest BCUT2D eigenvalue weighted by Gasteiger charge is -2.34. The molecular weight excluding hydrogens is 465 g/mol. The van der Waals surface area contributed by atoms with Crippen LogP contribution in [0.15, 0.2) is 54.7 Å². The van der Waals surface area contributed by atoms with Gasteiger partial charge in [0, 0.05) is 28.2 Å². The number of carbonyl (C=O) groups is 1. The minimum absolute atomic E-state index is 0.0419. The normalized spacial score (nSPS) is 19.6. The number of fused-ring (bicyclic) bond motifs is 1. The second-order valence-corrected chi connectivity index (χ2v) is 9.09. The number of alkyl halides is 3. The maximum atomic E-state index is 13.4. The summed E-state index contributed by atoms with van der Waals surface area (Å²) in [5, 5.41) is 4.09. The maximum absolute atomic E-state index is 13.4. The number of benzene rings is 2. The van der Waals surface area contributed by atoms with Crippen LogP contribution in [0.2, 0.25) is 5.02 Å². The first-order valence-electron chi connectivity index (χ1n) is 11.4. The van der Waals surface area contributed by atoms with E-state index in [1.807, 2.05) is 0 Å². The smallest absolute Gasteiger partial charge is 0.418 e. The molecule has 34 heavy (non-hydrogen) atoms. The molecule has 0 spiro atoms. The number of hydrogen-bond donors (Lipinski definition) is 1. The summed E-state index contributed by atoms with van der Waals surface area (Å²) < 4.78 is 46.2. The Labute approximate surface area is 201 Å². The third kappa shape index (κ3) is 5.46. The fourth-order valence-corrected chi connectivity index (χ4v) is 4.80. The van der Waals surface area contributed by atoms with Gasteiger partial charge in [-0.25, -0.2) is 0 Å². The molecule has 180 valence electrons. The van der Waals surface area contributed by atoms with E-state index in [4.69, 9.17) is 16.3 Å². The molecule has 1 aliphatic carbocycles. The van der Waals surface area contributed by atoms with Crippen molar-refractivity contribution in [1.29, 1.82) is 0 Å². The van der Waals surface area contributed by atoms with Gasteiger partial charge in [0.2, 0.25) is 0 Å². The maximum Gasteiger partial charge on any atom is 0.418 e. The van der Waals surface area contributed by atoms with Crippen molar-refractivity contribution in [3.05, 3.63) is 70.9 Å². The highest BCUT2D eigenvalue weighted by Crippen LogP contribution is 2.38. The molecule has 0 bridgehead atoms. The van der Waals surface area contributed by atoms with Crippen molar-refractivity contribution < 1.29 is 22.7 Å². The minimum atomic E-state index is -4.48. The van der Waals surface area contributed by atoms with E-state index < -0.39 is 11.7 Å². The SMILES string of the molecule is CCC(NC(=O)c1ccc(Cl)cc1)C1CCC(Oc2ccnc3c(C(F)(F)F)cccc23)CC1. The van der Waals surface area contributed by atoms with Crippen molar-refractivity contribution in [3.8, 4) is 5.75 Å². The number of para-hydroxylation sites is 1. The standard InChI is InChI=1S/C26H26ClF3N2O2/c1-2-22(32-25(33)17-6-10-18(27)11-7-17)16-8-12-19(13-9-16)34-23-14-15-31-24-20(23)4-3-5-21(24)26(28,29)30/h3-7,10-11,14-16,19,22H,2,8-9,12-13H2,1H3,(H,32,33). The topological polar surface area (TPSA) is 51.2 Å². The van der Waals surface area contributed by atoms with Gasteiger partial charge in [0.1, 0.15) is 5.75 Å². The van der Waals surface area contributed by atoms with Gasteiger partial charge in [0.05, 0.1) is 17.2 Å². The van der Waals surface area contributed by atoms with Gasteiger partial charge in [0.25, 0.3) is 5.91 Å². The van der Waals surface area contributed by atoms with Gasteiger partial charge in [-0.1, -0.05) is 24.6 Å². The van der Waals surface area contributed by atoms with Gasteiger partial charge >= 0.3 is 6.18 Å². The summed E-state index contributed by atoms with van der Waals surface area (Å²) in [5.74, 6) is 0.611. The third-order valence-corrected chi connectivity index (χ3v) is 6.73. The van der Waals surface area contributed by atoms with Crippen LogP contribution in [-0.2, 0) is 6.18 Å². The van der Waals surface area contributed by atoms with Crippen molar-refractivity contribution in [3.63, 3.8) is 0 Å². The Morgan fingerprint density at radius 3 is 2.47 bits per heavy atom. The number of pyridine rings is 1. The van der Waals surface area contributed by atoms with Crippen LogP contribution < -0.4 is 10.1 Å². The van der Waals surface area contributed by atoms with E-state index >= 15 is 0 Å². The Kier molecular flexibility index (Phi) is 7.31. The number of ether oxygens (including phenoxy) is 1. The van der Waals surface area contributed by atoms with Crippen molar-refractivity contribution in [2.24, 2.45) is 5.92 Å². The Hall–Kier alpha value is -2.80. The average molecular weight is 491 g/mol. The highest BCUT2D eigenvalue weighted by atomic mass is 35.5. The molecule has 2 aromatic carbocycles. The van der Waals surface area contributed by atoms with Crippen LogP contribution in [0, 0.1) is 5.92 Å². The summed E-state index contributed by atoms with van der Waals surface area (Å²) in [7, 11) is 0. The fraction of sp³-hybridized carbons (Fsp3) is 0.385. The monoisotopic (exact) mass is 490 g/mol. The first-order chi connectivity index (χ1) is 16.3. The van der Waals surface area contributed by atoms with E-state index in [1.165, 1.54) is 12.3 Å². The zero-order chi connectivity index (χ0) is 24.3. The molecule has 1 atom stereocenters. The van der Waals surface area contributed by atoms with Crippen LogP contribution in [0.25, 0.3) is 10.9 Å². The molecule has 4 rings (SSSR count). The molecule has 1 unspecified atom stereocenters. The second kappa shape index (κ2) is 10.2. The number of carbonyl (C=O) groups excluding carboxylic acids is 1. The lowest BCUT2D eigenvalue weighted by molar-refractivity contribution is -0.136. The van der Waals surface area contributed by atoms with Crippen LogP contribution >= 0.6 is 11.6 Å². The molecule has 4 nitrogen and oxygen atoms in total. The predicted molar refractivity (Wildman–Crippen MR) is 126 cm³/mol. The number of hydrogen-bond acceptors (Lipinski definition) is 3. The van der Waals surface area contributed by atoms with E-state index in [2.05, 4.69) is 17.2 Å². The molecule has 3 aromatic rings. The van der Waals surface area contributed by atoms with Crippen molar-refractivity contribution >= 4 is 28.4 Å². The minimum Gasteiger partial charge on any atom is -0.490 e. The quantitative estimate of drug-likeness (QED) is 0.402. The largest absolute Gasteiger partial charge is 0.490 e. The molecule has 0 saturated heterocycles. The first kappa shape index (κ1) is 24.3. The fourth-order valence-electron chi connectivity index (χ4n) is 4.68. The summed E-state index contributed by atoms with van der Waals surface area (Å²) >= 11 is 5.91. The van der Waals surface area contributed by atoms with Gasteiger partial charge in [0.15, 0.2) is 0 Å². The van der Waals surface area contributed by atoms with Crippen LogP contribution in [0.3, 0.4) is 0 Å². The van der Waals surface area contributed by atoms with E-state index in [9.17, 15) is 18.0 Å². The Balaban J connectivity index is 1.39. The van der Waals surface area contributed by atoms with E-state index in [0.717, 1.165) is 38.2 Å². The molecule has 1 amide bonds. The lowest BCUT2D eigenvalue weighted by atomic mass is 9.81. The Morgan fingerprint density at radius 2 is 1.82 bits per heavy atom. The number of amides is 1. The third-order valence-electron chi connectivity index (χ3n) is 6.48. The van der Waals surface area contributed by atoms with Gasteiger partial charge in [-0.05, 0) is 80.5 Å². The molecule has 1 saturated carbocycles. The second-order valence-electron chi connectivity index (χ2n) is 8.66. The zero-order valence-corrected chi connectivity index (χ0v) is 19.5. The van der Waals surface area contributed by atoms with Gasteiger partial charge in [-0.2, -0.15) is 13.2 Å². The number of aromatic nitrogens is 1. The first-order valence-corrected chi connectivity index (χ1v) is 11.8. The van der Waals surface area contributed by atoms with Gasteiger partial charge in [-0.15, -0.1) is 0 Å². The summed E-state index contributed by atoms with van der Waals surface area (Å²) in [5.41, 5.74) is -0.291. The van der Waals surface area contributed by atoms with Crippen molar-refractivity contribution in [2.45, 2.75) is 57.3 Å². The number of rotatable bonds is 6. The van der Waals surface area contributed by atoms with E-state index in [0.29, 0.717) is 27.6 Å². The number of halogens is 4. The Morgan fingerprint density at radius 1 is 1.12 bits per heavy atom. The highest BCUT2D eigenvalue weighted by Gasteiger charge is 2.34. The summed E-state index contributed by atoms with van der Waals surface area (Å²) in [6.07, 6.45) is 0.849. The van der Waals surface area contributed by atoms with Crippen LogP contribution in [0.5, 0.6) is 5.75 Å². The van der Waals surface area contributed by atoms with E-state index in [1.54, 1.807) is 36.4 Å². The summed E-state index contributed by atoms with van der Waals surface area (Å²) in [6, 6.07) is 12.5. The zero-order valence-electron chi connectivity index (χ0n) is 18.7. The molecule has 1 fully saturated rings. The predicted octanol–water partition coefficient (Wildman–Crippen LogP) is 7.05. The van der Waals surface area contributed by atoms with Crippen molar-refractivity contribution in [2.75, 3.05) is 0 Å². The van der Waals surface area contributed by atoms with Crippen LogP contribution in [0.4, 0.5) is 13.2 Å². The molecule has 1 heterocycles. The molecule has 0 aliphatic heterocycles. The molecule has 1 aromatic heterocycles. The molecular formula is C26H26ClF3N2O2. The molecule has 1 aliphatic rings. The summed E-state index contributed by atoms with van der Waals surface area (Å²) in [6.45, 7) is 2.05. The highest BCUT2D eigenvalue weighted by molar-refractivity contribution is 6.30. The summed E-state index contributed by atoms with van der Waals surface area (Å²) in [4.78, 5) is 16.6. The van der Waals surface area contributed by atoms with Crippen molar-refractivity contribution in [1.82, 2.24) is 10.3 Å². The van der Waals surface area contributed by atoms with E-state index in [-0.39, 0.29) is 23.6 Å². The molecule has 0 radical (unpaired) electrons. The van der Waals surface area contributed by atoms with Crippen LogP contribution in [0.1, 0.15) is 54.9 Å². The number of nitrogens with zero attached hydrogens (tertiary/aromatic N) is 1. The number of nitrogens with one attached hydrogen (secondary N) is 1. The average Bonchev–Trinajstić information content (AvgIpc) is 2.82.